The highest BCUT2D eigenvalue weighted by molar-refractivity contribution is 5.91. The standard InChI is InChI=1S/C17H17NO3/c1-21-16-9-4-13(5-10-16)6-11-17(20)18-12-14-2-7-15(19)8-3-14/h2-11,19H,12H2,1H3,(H,18,20)/b11-6+. The van der Waals surface area contributed by atoms with E-state index in [9.17, 15) is 9.90 Å². The lowest BCUT2D eigenvalue weighted by molar-refractivity contribution is -0.116. The van der Waals surface area contributed by atoms with Gasteiger partial charge in [0, 0.05) is 12.6 Å². The molecule has 1 amide bonds. The van der Waals surface area contributed by atoms with Crippen LogP contribution < -0.4 is 10.1 Å². The number of benzene rings is 2. The van der Waals surface area contributed by atoms with Gasteiger partial charge >= 0.3 is 0 Å². The Kier molecular flexibility index (Phi) is 4.99. The number of ether oxygens (including phenoxy) is 1. The normalized spacial score (nSPS) is 10.5. The van der Waals surface area contributed by atoms with Crippen molar-refractivity contribution in [3.8, 4) is 11.5 Å². The second kappa shape index (κ2) is 7.14. The molecule has 2 rings (SSSR count). The van der Waals surface area contributed by atoms with Crippen LogP contribution in [0.5, 0.6) is 11.5 Å². The molecule has 4 nitrogen and oxygen atoms in total. The van der Waals surface area contributed by atoms with Crippen LogP contribution in [-0.2, 0) is 11.3 Å². The molecule has 0 aliphatic rings. The van der Waals surface area contributed by atoms with Crippen LogP contribution in [0.25, 0.3) is 6.08 Å². The summed E-state index contributed by atoms with van der Waals surface area (Å²) in [5.74, 6) is 0.826. The highest BCUT2D eigenvalue weighted by Crippen LogP contribution is 2.12. The van der Waals surface area contributed by atoms with Gasteiger partial charge in [0.05, 0.1) is 7.11 Å². The van der Waals surface area contributed by atoms with Crippen LogP contribution >= 0.6 is 0 Å². The number of aromatic hydroxyl groups is 1. The minimum absolute atomic E-state index is 0.168. The van der Waals surface area contributed by atoms with E-state index in [1.807, 2.05) is 24.3 Å². The van der Waals surface area contributed by atoms with Gasteiger partial charge in [0.1, 0.15) is 11.5 Å². The fraction of sp³-hybridized carbons (Fsp3) is 0.118. The highest BCUT2D eigenvalue weighted by atomic mass is 16.5. The molecule has 0 atom stereocenters. The third-order valence-corrected chi connectivity index (χ3v) is 2.95. The Morgan fingerprint density at radius 2 is 1.81 bits per heavy atom. The van der Waals surface area contributed by atoms with Crippen molar-refractivity contribution in [2.75, 3.05) is 7.11 Å². The molecule has 0 radical (unpaired) electrons. The first-order valence-electron chi connectivity index (χ1n) is 6.55. The van der Waals surface area contributed by atoms with Gasteiger partial charge in [0.2, 0.25) is 5.91 Å². The predicted molar refractivity (Wildman–Crippen MR) is 82.0 cm³/mol. The number of carbonyl (C=O) groups is 1. The van der Waals surface area contributed by atoms with Crippen LogP contribution in [0.1, 0.15) is 11.1 Å². The molecule has 0 heterocycles. The predicted octanol–water partition coefficient (Wildman–Crippen LogP) is 2.73. The zero-order chi connectivity index (χ0) is 15.1. The largest absolute Gasteiger partial charge is 0.508 e. The number of carbonyl (C=O) groups excluding carboxylic acids is 1. The van der Waals surface area contributed by atoms with Crippen molar-refractivity contribution in [1.29, 1.82) is 0 Å². The first-order chi connectivity index (χ1) is 10.2. The molecule has 0 saturated carbocycles. The van der Waals surface area contributed by atoms with Crippen molar-refractivity contribution < 1.29 is 14.6 Å². The average molecular weight is 283 g/mol. The van der Waals surface area contributed by atoms with E-state index in [2.05, 4.69) is 5.32 Å². The van der Waals surface area contributed by atoms with Gasteiger partial charge < -0.3 is 15.2 Å². The van der Waals surface area contributed by atoms with Gasteiger partial charge in [-0.15, -0.1) is 0 Å². The van der Waals surface area contributed by atoms with E-state index in [-0.39, 0.29) is 11.7 Å². The first-order valence-corrected chi connectivity index (χ1v) is 6.55. The van der Waals surface area contributed by atoms with Crippen molar-refractivity contribution in [3.63, 3.8) is 0 Å². The number of phenols is 1. The van der Waals surface area contributed by atoms with Crippen molar-refractivity contribution in [2.24, 2.45) is 0 Å². The molecule has 0 fully saturated rings. The zero-order valence-electron chi connectivity index (χ0n) is 11.7. The number of phenolic OH excluding ortho intramolecular Hbond substituents is 1. The Balaban J connectivity index is 1.85. The number of hydrogen-bond acceptors (Lipinski definition) is 3. The number of methoxy groups -OCH3 is 1. The molecule has 2 N–H and O–H groups in total. The Morgan fingerprint density at radius 1 is 1.14 bits per heavy atom. The van der Waals surface area contributed by atoms with Crippen molar-refractivity contribution in [2.45, 2.75) is 6.54 Å². The molecule has 0 aliphatic heterocycles. The van der Waals surface area contributed by atoms with E-state index in [0.717, 1.165) is 16.9 Å². The number of nitrogens with one attached hydrogen (secondary N) is 1. The summed E-state index contributed by atoms with van der Waals surface area (Å²) < 4.78 is 5.07. The number of amides is 1. The lowest BCUT2D eigenvalue weighted by Gasteiger charge is -2.03. The monoisotopic (exact) mass is 283 g/mol. The van der Waals surface area contributed by atoms with Crippen LogP contribution in [0.3, 0.4) is 0 Å². The van der Waals surface area contributed by atoms with Crippen LogP contribution in [0.4, 0.5) is 0 Å². The summed E-state index contributed by atoms with van der Waals surface area (Å²) in [7, 11) is 1.61. The van der Waals surface area contributed by atoms with E-state index in [0.29, 0.717) is 6.54 Å². The number of rotatable bonds is 5. The Labute approximate surface area is 123 Å². The summed E-state index contributed by atoms with van der Waals surface area (Å²) in [6, 6.07) is 14.2. The maximum Gasteiger partial charge on any atom is 0.244 e. The molecule has 0 spiro atoms. The Morgan fingerprint density at radius 3 is 2.43 bits per heavy atom. The highest BCUT2D eigenvalue weighted by Gasteiger charge is 1.97. The molecule has 0 aliphatic carbocycles. The lowest BCUT2D eigenvalue weighted by atomic mass is 10.2. The van der Waals surface area contributed by atoms with Gasteiger partial charge in [-0.05, 0) is 41.5 Å². The summed E-state index contributed by atoms with van der Waals surface area (Å²) in [6.45, 7) is 0.423. The molecule has 2 aromatic carbocycles. The van der Waals surface area contributed by atoms with Gasteiger partial charge in [-0.3, -0.25) is 4.79 Å². The summed E-state index contributed by atoms with van der Waals surface area (Å²) in [5, 5.41) is 12.0. The Bertz CT molecular complexity index is 615. The molecule has 0 saturated heterocycles. The minimum Gasteiger partial charge on any atom is -0.508 e. The maximum absolute atomic E-state index is 11.7. The molecular formula is C17H17NO3. The molecule has 0 bridgehead atoms. The van der Waals surface area contributed by atoms with Crippen LogP contribution in [0.15, 0.2) is 54.6 Å². The first kappa shape index (κ1) is 14.7. The van der Waals surface area contributed by atoms with E-state index in [1.54, 1.807) is 37.5 Å². The second-order valence-electron chi connectivity index (χ2n) is 4.49. The van der Waals surface area contributed by atoms with Crippen molar-refractivity contribution in [1.82, 2.24) is 5.32 Å². The van der Waals surface area contributed by atoms with Crippen LogP contribution in [0.2, 0.25) is 0 Å². The molecule has 108 valence electrons. The van der Waals surface area contributed by atoms with Gasteiger partial charge in [-0.1, -0.05) is 24.3 Å². The molecular weight excluding hydrogens is 266 g/mol. The van der Waals surface area contributed by atoms with Gasteiger partial charge in [-0.25, -0.2) is 0 Å². The zero-order valence-corrected chi connectivity index (χ0v) is 11.7. The smallest absolute Gasteiger partial charge is 0.244 e. The topological polar surface area (TPSA) is 58.6 Å². The number of hydrogen-bond donors (Lipinski definition) is 2. The fourth-order valence-electron chi connectivity index (χ4n) is 1.75. The minimum atomic E-state index is -0.168. The van der Waals surface area contributed by atoms with E-state index >= 15 is 0 Å². The SMILES string of the molecule is COc1ccc(/C=C/C(=O)NCc2ccc(O)cc2)cc1. The summed E-state index contributed by atoms with van der Waals surface area (Å²) in [4.78, 5) is 11.7. The van der Waals surface area contributed by atoms with E-state index in [4.69, 9.17) is 4.74 Å². The van der Waals surface area contributed by atoms with Gasteiger partial charge in [0.15, 0.2) is 0 Å². The molecule has 0 unspecified atom stereocenters. The second-order valence-corrected chi connectivity index (χ2v) is 4.49. The summed E-state index contributed by atoms with van der Waals surface area (Å²) in [5.41, 5.74) is 1.86. The third kappa shape index (κ3) is 4.69. The molecule has 0 aromatic heterocycles. The van der Waals surface area contributed by atoms with Crippen LogP contribution in [0, 0.1) is 0 Å². The van der Waals surface area contributed by atoms with Crippen molar-refractivity contribution >= 4 is 12.0 Å². The summed E-state index contributed by atoms with van der Waals surface area (Å²) in [6.07, 6.45) is 3.23. The molecule has 4 heteroatoms. The quantitative estimate of drug-likeness (QED) is 0.829. The Hall–Kier alpha value is -2.75. The summed E-state index contributed by atoms with van der Waals surface area (Å²) >= 11 is 0. The van der Waals surface area contributed by atoms with E-state index < -0.39 is 0 Å². The maximum atomic E-state index is 11.7. The van der Waals surface area contributed by atoms with Gasteiger partial charge in [0.25, 0.3) is 0 Å². The molecule has 21 heavy (non-hydrogen) atoms. The van der Waals surface area contributed by atoms with Crippen LogP contribution in [-0.4, -0.2) is 18.1 Å². The molecule has 2 aromatic rings. The third-order valence-electron chi connectivity index (χ3n) is 2.95. The van der Waals surface area contributed by atoms with E-state index in [1.165, 1.54) is 6.08 Å². The average Bonchev–Trinajstić information content (AvgIpc) is 2.53. The lowest BCUT2D eigenvalue weighted by Crippen LogP contribution is -2.20. The van der Waals surface area contributed by atoms with Gasteiger partial charge in [-0.2, -0.15) is 0 Å². The fourth-order valence-corrected chi connectivity index (χ4v) is 1.75. The van der Waals surface area contributed by atoms with Crippen molar-refractivity contribution in [3.05, 3.63) is 65.7 Å².